The maximum Gasteiger partial charge on any atom is 0.248 e. The van der Waals surface area contributed by atoms with Crippen molar-refractivity contribution in [2.45, 2.75) is 26.3 Å². The Morgan fingerprint density at radius 1 is 1.27 bits per heavy atom. The first-order valence-electron chi connectivity index (χ1n) is 7.37. The highest BCUT2D eigenvalue weighted by Crippen LogP contribution is 2.10. The molecule has 1 aromatic carbocycles. The van der Waals surface area contributed by atoms with E-state index in [1.54, 1.807) is 0 Å². The van der Waals surface area contributed by atoms with Crippen LogP contribution >= 0.6 is 11.8 Å². The Morgan fingerprint density at radius 3 is 2.59 bits per heavy atom. The summed E-state index contributed by atoms with van der Waals surface area (Å²) in [5, 5.41) is 6.26. The maximum atomic E-state index is 12.3. The van der Waals surface area contributed by atoms with Gasteiger partial charge in [0.15, 0.2) is 5.17 Å². The molecule has 2 rings (SSSR count). The Kier molecular flexibility index (Phi) is 6.00. The second-order valence-corrected chi connectivity index (χ2v) is 6.56. The van der Waals surface area contributed by atoms with Gasteiger partial charge in [-0.2, -0.15) is 0 Å². The van der Waals surface area contributed by atoms with E-state index in [0.29, 0.717) is 5.17 Å². The molecule has 6 heteroatoms. The van der Waals surface area contributed by atoms with Gasteiger partial charge in [0.05, 0.1) is 13.0 Å². The van der Waals surface area contributed by atoms with Gasteiger partial charge in [0.1, 0.15) is 6.04 Å². The molecule has 118 valence electrons. The molecule has 0 spiro atoms. The molecule has 5 nitrogen and oxygen atoms in total. The van der Waals surface area contributed by atoms with Crippen LogP contribution in [-0.2, 0) is 16.0 Å². The van der Waals surface area contributed by atoms with Gasteiger partial charge in [0.2, 0.25) is 11.8 Å². The number of aliphatic imine (C=N–C) groups is 1. The van der Waals surface area contributed by atoms with Crippen LogP contribution in [0.5, 0.6) is 0 Å². The van der Waals surface area contributed by atoms with Gasteiger partial charge in [-0.3, -0.25) is 14.6 Å². The molecule has 0 radical (unpaired) electrons. The smallest absolute Gasteiger partial charge is 0.248 e. The van der Waals surface area contributed by atoms with Gasteiger partial charge in [-0.1, -0.05) is 55.9 Å². The summed E-state index contributed by atoms with van der Waals surface area (Å²) < 4.78 is 0. The highest BCUT2D eigenvalue weighted by Gasteiger charge is 2.25. The van der Waals surface area contributed by atoms with E-state index in [0.717, 1.165) is 17.9 Å². The predicted octanol–water partition coefficient (Wildman–Crippen LogP) is 1.59. The van der Waals surface area contributed by atoms with Crippen molar-refractivity contribution in [2.75, 3.05) is 12.3 Å². The van der Waals surface area contributed by atoms with Crippen molar-refractivity contribution in [3.63, 3.8) is 0 Å². The topological polar surface area (TPSA) is 70.6 Å². The molecule has 1 unspecified atom stereocenters. The number of hydrogen-bond acceptors (Lipinski definition) is 4. The van der Waals surface area contributed by atoms with Crippen LogP contribution in [0, 0.1) is 5.92 Å². The molecular formula is C16H21N3O2S. The Hall–Kier alpha value is -1.82. The molecule has 2 N–H and O–H groups in total. The van der Waals surface area contributed by atoms with Gasteiger partial charge in [0.25, 0.3) is 0 Å². The van der Waals surface area contributed by atoms with Crippen molar-refractivity contribution in [1.29, 1.82) is 0 Å². The number of carbonyl (C=O) groups is 2. The third-order valence-electron chi connectivity index (χ3n) is 3.29. The fourth-order valence-electron chi connectivity index (χ4n) is 2.13. The summed E-state index contributed by atoms with van der Waals surface area (Å²) >= 11 is 1.53. The highest BCUT2D eigenvalue weighted by molar-refractivity contribution is 8.14. The Labute approximate surface area is 135 Å². The standard InChI is InChI=1S/C16H21N3O2S/c1-11(2)14(15(21)19-16-17-8-9-22-16)18-13(20)10-12-6-4-3-5-7-12/h3-7,11,14H,8-10H2,1-2H3,(H,18,20)(H,17,19,21). The van der Waals surface area contributed by atoms with Gasteiger partial charge >= 0.3 is 0 Å². The highest BCUT2D eigenvalue weighted by atomic mass is 32.2. The third-order valence-corrected chi connectivity index (χ3v) is 4.18. The maximum absolute atomic E-state index is 12.3. The summed E-state index contributed by atoms with van der Waals surface area (Å²) in [6.45, 7) is 4.56. The van der Waals surface area contributed by atoms with Gasteiger partial charge in [0, 0.05) is 5.75 Å². The summed E-state index contributed by atoms with van der Waals surface area (Å²) in [5.74, 6) is 0.542. The Morgan fingerprint density at radius 2 is 2.00 bits per heavy atom. The molecule has 1 aliphatic rings. The number of hydrogen-bond donors (Lipinski definition) is 2. The molecule has 0 saturated heterocycles. The molecule has 1 heterocycles. The minimum Gasteiger partial charge on any atom is -0.344 e. The largest absolute Gasteiger partial charge is 0.344 e. The van der Waals surface area contributed by atoms with E-state index in [-0.39, 0.29) is 24.2 Å². The minimum atomic E-state index is -0.555. The monoisotopic (exact) mass is 319 g/mol. The summed E-state index contributed by atoms with van der Waals surface area (Å²) in [4.78, 5) is 28.7. The van der Waals surface area contributed by atoms with Gasteiger partial charge in [-0.25, -0.2) is 0 Å². The number of thioether (sulfide) groups is 1. The summed E-state index contributed by atoms with van der Waals surface area (Å²) in [6, 6.07) is 8.93. The van der Waals surface area contributed by atoms with Crippen molar-refractivity contribution in [2.24, 2.45) is 10.9 Å². The molecule has 1 aliphatic heterocycles. The predicted molar refractivity (Wildman–Crippen MR) is 89.8 cm³/mol. The van der Waals surface area contributed by atoms with Crippen molar-refractivity contribution < 1.29 is 9.59 Å². The Bertz CT molecular complexity index is 558. The number of nitrogens with zero attached hydrogens (tertiary/aromatic N) is 1. The fraction of sp³-hybridized carbons (Fsp3) is 0.438. The first-order valence-corrected chi connectivity index (χ1v) is 8.36. The van der Waals surface area contributed by atoms with E-state index in [1.807, 2.05) is 44.2 Å². The minimum absolute atomic E-state index is 0.00623. The van der Waals surface area contributed by atoms with Crippen molar-refractivity contribution >= 4 is 28.7 Å². The van der Waals surface area contributed by atoms with E-state index in [2.05, 4.69) is 15.6 Å². The van der Waals surface area contributed by atoms with Crippen molar-refractivity contribution in [3.05, 3.63) is 35.9 Å². The lowest BCUT2D eigenvalue weighted by atomic mass is 10.0. The average Bonchev–Trinajstić information content (AvgIpc) is 2.98. The summed E-state index contributed by atoms with van der Waals surface area (Å²) in [6.07, 6.45) is 0.271. The van der Waals surface area contributed by atoms with Crippen LogP contribution in [0.15, 0.2) is 35.3 Å². The first kappa shape index (κ1) is 16.5. The van der Waals surface area contributed by atoms with Crippen LogP contribution < -0.4 is 10.6 Å². The van der Waals surface area contributed by atoms with E-state index >= 15 is 0 Å². The van der Waals surface area contributed by atoms with E-state index < -0.39 is 6.04 Å². The second kappa shape index (κ2) is 7.98. The number of benzene rings is 1. The molecule has 0 fully saturated rings. The van der Waals surface area contributed by atoms with E-state index in [4.69, 9.17) is 0 Å². The number of rotatable bonds is 5. The molecule has 0 bridgehead atoms. The van der Waals surface area contributed by atoms with E-state index in [9.17, 15) is 9.59 Å². The zero-order valence-corrected chi connectivity index (χ0v) is 13.7. The normalized spacial score (nSPS) is 15.3. The van der Waals surface area contributed by atoms with Crippen LogP contribution in [0.4, 0.5) is 0 Å². The molecule has 0 saturated carbocycles. The Balaban J connectivity index is 1.93. The number of amidine groups is 1. The summed E-state index contributed by atoms with van der Waals surface area (Å²) in [5.41, 5.74) is 0.929. The zero-order valence-electron chi connectivity index (χ0n) is 12.8. The van der Waals surface area contributed by atoms with Gasteiger partial charge < -0.3 is 10.6 Å². The van der Waals surface area contributed by atoms with Crippen LogP contribution in [0.1, 0.15) is 19.4 Å². The van der Waals surface area contributed by atoms with Gasteiger partial charge in [-0.05, 0) is 11.5 Å². The van der Waals surface area contributed by atoms with Crippen LogP contribution in [0.25, 0.3) is 0 Å². The average molecular weight is 319 g/mol. The number of carbonyl (C=O) groups excluding carboxylic acids is 2. The van der Waals surface area contributed by atoms with E-state index in [1.165, 1.54) is 11.8 Å². The molecule has 0 aliphatic carbocycles. The third kappa shape index (κ3) is 4.87. The van der Waals surface area contributed by atoms with Gasteiger partial charge in [-0.15, -0.1) is 0 Å². The SMILES string of the molecule is CC(C)C(NC(=O)Cc1ccccc1)C(=O)NC1=NCCS1. The molecule has 1 aromatic rings. The lowest BCUT2D eigenvalue weighted by Gasteiger charge is -2.21. The quantitative estimate of drug-likeness (QED) is 0.866. The molecule has 0 aromatic heterocycles. The molecule has 2 amide bonds. The number of amides is 2. The van der Waals surface area contributed by atoms with Crippen molar-refractivity contribution in [3.8, 4) is 0 Å². The van der Waals surface area contributed by atoms with Crippen LogP contribution in [-0.4, -0.2) is 35.3 Å². The molecule has 22 heavy (non-hydrogen) atoms. The zero-order chi connectivity index (χ0) is 15.9. The lowest BCUT2D eigenvalue weighted by molar-refractivity contribution is -0.128. The molecular weight excluding hydrogens is 298 g/mol. The number of nitrogens with one attached hydrogen (secondary N) is 2. The lowest BCUT2D eigenvalue weighted by Crippen LogP contribution is -2.50. The fourth-order valence-corrected chi connectivity index (χ4v) is 2.87. The summed E-state index contributed by atoms with van der Waals surface area (Å²) in [7, 11) is 0. The second-order valence-electron chi connectivity index (χ2n) is 5.48. The van der Waals surface area contributed by atoms with Crippen LogP contribution in [0.2, 0.25) is 0 Å². The first-order chi connectivity index (χ1) is 10.6. The van der Waals surface area contributed by atoms with Crippen molar-refractivity contribution in [1.82, 2.24) is 10.6 Å². The molecule has 1 atom stereocenters. The van der Waals surface area contributed by atoms with Crippen LogP contribution in [0.3, 0.4) is 0 Å².